The lowest BCUT2D eigenvalue weighted by atomic mass is 9.91. The fourth-order valence-electron chi connectivity index (χ4n) is 6.33. The van der Waals surface area contributed by atoms with Crippen LogP contribution in [-0.2, 0) is 4.79 Å². The minimum atomic E-state index is -0.282. The Labute approximate surface area is 249 Å². The van der Waals surface area contributed by atoms with E-state index in [1.807, 2.05) is 6.07 Å². The standard InChI is InChI=1S/C32H44Cl2N4O2/c1-4-24(25-8-6-5-7-9-25)21-38-15-12-27(18-35-31(39)26-10-11-28(33)29(34)17-26)36-30(32(38)40)13-14-37-19-22(2)16-23(3)20-37/h5-11,17,22-24,27,30,36H,4,12-16,18-21H2,1-3H3,(H,35,39)/t22?,23?,24-,27+,30+/m1/s1. The van der Waals surface area contributed by atoms with Gasteiger partial charge in [0.25, 0.3) is 5.91 Å². The van der Waals surface area contributed by atoms with E-state index in [1.165, 1.54) is 12.0 Å². The molecule has 2 N–H and O–H groups in total. The van der Waals surface area contributed by atoms with Crippen LogP contribution in [0.5, 0.6) is 0 Å². The molecule has 218 valence electrons. The highest BCUT2D eigenvalue weighted by Crippen LogP contribution is 2.25. The maximum absolute atomic E-state index is 13.9. The Bertz CT molecular complexity index is 1120. The molecular formula is C32H44Cl2N4O2. The Morgan fingerprint density at radius 3 is 2.48 bits per heavy atom. The Balaban J connectivity index is 1.44. The number of likely N-dealkylation sites (tertiary alicyclic amines) is 1. The van der Waals surface area contributed by atoms with Crippen molar-refractivity contribution in [3.8, 4) is 0 Å². The van der Waals surface area contributed by atoms with E-state index in [-0.39, 0.29) is 23.9 Å². The van der Waals surface area contributed by atoms with Gasteiger partial charge in [0, 0.05) is 56.8 Å². The van der Waals surface area contributed by atoms with E-state index in [2.05, 4.69) is 65.5 Å². The average molecular weight is 588 g/mol. The zero-order valence-corrected chi connectivity index (χ0v) is 25.6. The van der Waals surface area contributed by atoms with Gasteiger partial charge >= 0.3 is 0 Å². The number of nitrogens with zero attached hydrogens (tertiary/aromatic N) is 2. The number of benzene rings is 2. The van der Waals surface area contributed by atoms with Crippen LogP contribution in [0.1, 0.15) is 68.3 Å². The van der Waals surface area contributed by atoms with Gasteiger partial charge < -0.3 is 20.4 Å². The highest BCUT2D eigenvalue weighted by molar-refractivity contribution is 6.42. The number of nitrogens with one attached hydrogen (secondary N) is 2. The van der Waals surface area contributed by atoms with E-state index < -0.39 is 0 Å². The van der Waals surface area contributed by atoms with Crippen molar-refractivity contribution in [3.05, 3.63) is 69.7 Å². The van der Waals surface area contributed by atoms with E-state index in [0.29, 0.717) is 53.0 Å². The number of rotatable bonds is 10. The van der Waals surface area contributed by atoms with Crippen molar-refractivity contribution in [3.63, 3.8) is 0 Å². The molecule has 2 amide bonds. The Morgan fingerprint density at radius 1 is 1.07 bits per heavy atom. The molecule has 2 unspecified atom stereocenters. The van der Waals surface area contributed by atoms with Crippen molar-refractivity contribution < 1.29 is 9.59 Å². The van der Waals surface area contributed by atoms with E-state index in [1.54, 1.807) is 18.2 Å². The van der Waals surface area contributed by atoms with Crippen molar-refractivity contribution >= 4 is 35.0 Å². The fraction of sp³-hybridized carbons (Fsp3) is 0.562. The SMILES string of the molecule is CC[C@H](CN1CC[C@@H](CNC(=O)c2ccc(Cl)c(Cl)c2)N[C@@H](CCN2CC(C)CC(C)C2)C1=O)c1ccccc1. The van der Waals surface area contributed by atoms with Gasteiger partial charge in [0.1, 0.15) is 0 Å². The molecule has 0 bridgehead atoms. The van der Waals surface area contributed by atoms with Crippen LogP contribution in [0.15, 0.2) is 48.5 Å². The molecule has 0 aliphatic carbocycles. The topological polar surface area (TPSA) is 64.7 Å². The first-order valence-electron chi connectivity index (χ1n) is 14.8. The smallest absolute Gasteiger partial charge is 0.251 e. The van der Waals surface area contributed by atoms with Gasteiger partial charge in [-0.15, -0.1) is 0 Å². The van der Waals surface area contributed by atoms with Gasteiger partial charge in [-0.2, -0.15) is 0 Å². The van der Waals surface area contributed by atoms with Crippen LogP contribution in [0.4, 0.5) is 0 Å². The molecule has 0 aromatic heterocycles. The molecule has 2 aromatic carbocycles. The molecular weight excluding hydrogens is 543 g/mol. The number of hydrogen-bond donors (Lipinski definition) is 2. The zero-order chi connectivity index (χ0) is 28.6. The van der Waals surface area contributed by atoms with Crippen LogP contribution in [-0.4, -0.2) is 73.0 Å². The first-order valence-corrected chi connectivity index (χ1v) is 15.5. The normalized spacial score (nSPS) is 24.9. The highest BCUT2D eigenvalue weighted by atomic mass is 35.5. The summed E-state index contributed by atoms with van der Waals surface area (Å²) in [5.41, 5.74) is 1.74. The maximum atomic E-state index is 13.9. The molecule has 8 heteroatoms. The molecule has 4 rings (SSSR count). The second-order valence-electron chi connectivity index (χ2n) is 11.8. The molecule has 2 heterocycles. The van der Waals surface area contributed by atoms with Crippen LogP contribution in [0, 0.1) is 11.8 Å². The summed E-state index contributed by atoms with van der Waals surface area (Å²) in [7, 11) is 0. The summed E-state index contributed by atoms with van der Waals surface area (Å²) in [6.45, 7) is 11.7. The van der Waals surface area contributed by atoms with Crippen molar-refractivity contribution in [2.24, 2.45) is 11.8 Å². The third kappa shape index (κ3) is 8.45. The van der Waals surface area contributed by atoms with Crippen LogP contribution in [0.2, 0.25) is 10.0 Å². The second kappa shape index (κ2) is 14.7. The molecule has 0 radical (unpaired) electrons. The Kier molecular flexibility index (Phi) is 11.3. The molecule has 2 saturated heterocycles. The Hall–Kier alpha value is -2.12. The number of hydrogen-bond acceptors (Lipinski definition) is 4. The average Bonchev–Trinajstić information content (AvgIpc) is 3.08. The summed E-state index contributed by atoms with van der Waals surface area (Å²) in [5, 5.41) is 7.46. The predicted octanol–water partition coefficient (Wildman–Crippen LogP) is 5.84. The minimum absolute atomic E-state index is 0.0123. The lowest BCUT2D eigenvalue weighted by Gasteiger charge is -2.36. The summed E-state index contributed by atoms with van der Waals surface area (Å²) in [6.07, 6.45) is 3.77. The molecule has 2 aromatic rings. The molecule has 0 spiro atoms. The van der Waals surface area contributed by atoms with Crippen molar-refractivity contribution in [2.45, 2.75) is 64.5 Å². The van der Waals surface area contributed by atoms with Crippen molar-refractivity contribution in [1.29, 1.82) is 0 Å². The van der Waals surface area contributed by atoms with Crippen LogP contribution in [0.25, 0.3) is 0 Å². The number of halogens is 2. The largest absolute Gasteiger partial charge is 0.350 e. The quantitative estimate of drug-likeness (QED) is 0.367. The van der Waals surface area contributed by atoms with Crippen LogP contribution in [0.3, 0.4) is 0 Å². The third-order valence-electron chi connectivity index (χ3n) is 8.37. The second-order valence-corrected chi connectivity index (χ2v) is 12.7. The molecule has 2 aliphatic heterocycles. The fourth-order valence-corrected chi connectivity index (χ4v) is 6.63. The third-order valence-corrected chi connectivity index (χ3v) is 9.11. The molecule has 6 nitrogen and oxygen atoms in total. The zero-order valence-electron chi connectivity index (χ0n) is 24.0. The lowest BCUT2D eigenvalue weighted by Crippen LogP contribution is -2.51. The van der Waals surface area contributed by atoms with E-state index in [9.17, 15) is 9.59 Å². The molecule has 2 fully saturated rings. The first kappa shape index (κ1) is 30.8. The molecule has 0 saturated carbocycles. The van der Waals surface area contributed by atoms with E-state index in [4.69, 9.17) is 23.2 Å². The van der Waals surface area contributed by atoms with Crippen molar-refractivity contribution in [2.75, 3.05) is 39.3 Å². The van der Waals surface area contributed by atoms with E-state index in [0.717, 1.165) is 38.9 Å². The van der Waals surface area contributed by atoms with Gasteiger partial charge in [-0.25, -0.2) is 0 Å². The summed E-state index contributed by atoms with van der Waals surface area (Å²) >= 11 is 12.1. The number of carbonyl (C=O) groups is 2. The van der Waals surface area contributed by atoms with Gasteiger partial charge in [0.2, 0.25) is 5.91 Å². The molecule has 40 heavy (non-hydrogen) atoms. The van der Waals surface area contributed by atoms with E-state index >= 15 is 0 Å². The monoisotopic (exact) mass is 586 g/mol. The van der Waals surface area contributed by atoms with Gasteiger partial charge in [-0.3, -0.25) is 9.59 Å². The highest BCUT2D eigenvalue weighted by Gasteiger charge is 2.33. The summed E-state index contributed by atoms with van der Waals surface area (Å²) < 4.78 is 0. The molecule has 5 atom stereocenters. The summed E-state index contributed by atoms with van der Waals surface area (Å²) in [4.78, 5) is 31.4. The van der Waals surface area contributed by atoms with Crippen LogP contribution < -0.4 is 10.6 Å². The van der Waals surface area contributed by atoms with Gasteiger partial charge in [-0.05, 0) is 61.3 Å². The van der Waals surface area contributed by atoms with Gasteiger partial charge in [-0.1, -0.05) is 74.3 Å². The molecule has 2 aliphatic rings. The first-order chi connectivity index (χ1) is 19.2. The predicted molar refractivity (Wildman–Crippen MR) is 164 cm³/mol. The van der Waals surface area contributed by atoms with Gasteiger partial charge in [0.15, 0.2) is 0 Å². The number of amides is 2. The number of piperidine rings is 1. The summed E-state index contributed by atoms with van der Waals surface area (Å²) in [5.74, 6) is 1.62. The minimum Gasteiger partial charge on any atom is -0.350 e. The maximum Gasteiger partial charge on any atom is 0.251 e. The lowest BCUT2D eigenvalue weighted by molar-refractivity contribution is -0.133. The van der Waals surface area contributed by atoms with Gasteiger partial charge in [0.05, 0.1) is 16.1 Å². The van der Waals surface area contributed by atoms with Crippen LogP contribution >= 0.6 is 23.2 Å². The van der Waals surface area contributed by atoms with Crippen molar-refractivity contribution in [1.82, 2.24) is 20.4 Å². The summed E-state index contributed by atoms with van der Waals surface area (Å²) in [6, 6.07) is 15.1. The Morgan fingerprint density at radius 2 is 1.80 bits per heavy atom. The number of carbonyl (C=O) groups excluding carboxylic acids is 2.